The maximum atomic E-state index is 12.9. The number of pyridine rings is 1. The molecule has 0 spiro atoms. The first-order valence-corrected chi connectivity index (χ1v) is 5.50. The fourth-order valence-electron chi connectivity index (χ4n) is 1.86. The lowest BCUT2D eigenvalue weighted by molar-refractivity contribution is -0.0588. The molecule has 90 valence electrons. The summed E-state index contributed by atoms with van der Waals surface area (Å²) < 4.78 is 31.4. The molecule has 0 amide bonds. The van der Waals surface area contributed by atoms with E-state index in [-0.39, 0.29) is 24.8 Å². The van der Waals surface area contributed by atoms with Gasteiger partial charge in [-0.25, -0.2) is 13.8 Å². The standard InChI is InChI=1S/C12H12F2N2O/c13-12(14)5-3-10(4-6-12)17-11-9(8-15)2-1-7-16-11/h1-2,7,10H,3-6H2. The van der Waals surface area contributed by atoms with E-state index >= 15 is 0 Å². The van der Waals surface area contributed by atoms with Gasteiger partial charge in [-0.3, -0.25) is 0 Å². The molecule has 1 aromatic heterocycles. The highest BCUT2D eigenvalue weighted by Crippen LogP contribution is 2.34. The Kier molecular flexibility index (Phi) is 3.23. The summed E-state index contributed by atoms with van der Waals surface area (Å²) in [6.07, 6.45) is 1.53. The van der Waals surface area contributed by atoms with Gasteiger partial charge < -0.3 is 4.74 Å². The van der Waals surface area contributed by atoms with Crippen molar-refractivity contribution in [2.45, 2.75) is 37.7 Å². The third-order valence-corrected chi connectivity index (χ3v) is 2.83. The molecule has 0 bridgehead atoms. The van der Waals surface area contributed by atoms with Crippen LogP contribution in [0.4, 0.5) is 8.78 Å². The molecule has 2 rings (SSSR count). The van der Waals surface area contributed by atoms with E-state index in [1.165, 1.54) is 6.20 Å². The van der Waals surface area contributed by atoms with Gasteiger partial charge in [0.15, 0.2) is 0 Å². The zero-order valence-corrected chi connectivity index (χ0v) is 9.20. The second-order valence-corrected chi connectivity index (χ2v) is 4.14. The molecule has 0 atom stereocenters. The zero-order chi connectivity index (χ0) is 12.3. The fourth-order valence-corrected chi connectivity index (χ4v) is 1.86. The molecule has 0 saturated heterocycles. The summed E-state index contributed by atoms with van der Waals surface area (Å²) >= 11 is 0. The lowest BCUT2D eigenvalue weighted by atomic mass is 9.94. The molecule has 1 aliphatic carbocycles. The Labute approximate surface area is 98.0 Å². The Morgan fingerprint density at radius 3 is 2.76 bits per heavy atom. The van der Waals surface area contributed by atoms with Gasteiger partial charge in [0.2, 0.25) is 11.8 Å². The molecule has 0 aliphatic heterocycles. The van der Waals surface area contributed by atoms with Crippen molar-refractivity contribution in [3.63, 3.8) is 0 Å². The van der Waals surface area contributed by atoms with E-state index in [1.807, 2.05) is 6.07 Å². The van der Waals surface area contributed by atoms with E-state index in [1.54, 1.807) is 12.1 Å². The van der Waals surface area contributed by atoms with Crippen molar-refractivity contribution in [2.24, 2.45) is 0 Å². The van der Waals surface area contributed by atoms with Crippen molar-refractivity contribution < 1.29 is 13.5 Å². The number of aromatic nitrogens is 1. The van der Waals surface area contributed by atoms with Gasteiger partial charge in [0.05, 0.1) is 0 Å². The summed E-state index contributed by atoms with van der Waals surface area (Å²) in [6.45, 7) is 0. The second kappa shape index (κ2) is 4.66. The third-order valence-electron chi connectivity index (χ3n) is 2.83. The van der Waals surface area contributed by atoms with E-state index in [2.05, 4.69) is 4.98 Å². The number of nitrogens with zero attached hydrogens (tertiary/aromatic N) is 2. The number of ether oxygens (including phenoxy) is 1. The van der Waals surface area contributed by atoms with E-state index in [0.29, 0.717) is 18.4 Å². The number of halogens is 2. The number of hydrogen-bond donors (Lipinski definition) is 0. The van der Waals surface area contributed by atoms with E-state index < -0.39 is 5.92 Å². The van der Waals surface area contributed by atoms with E-state index in [0.717, 1.165) is 0 Å². The molecular formula is C12H12F2N2O. The molecule has 1 heterocycles. The van der Waals surface area contributed by atoms with Crippen LogP contribution in [0.1, 0.15) is 31.2 Å². The molecule has 0 aromatic carbocycles. The van der Waals surface area contributed by atoms with Gasteiger partial charge in [-0.05, 0) is 25.0 Å². The summed E-state index contributed by atoms with van der Waals surface area (Å²) in [4.78, 5) is 3.95. The van der Waals surface area contributed by atoms with Crippen molar-refractivity contribution >= 4 is 0 Å². The minimum Gasteiger partial charge on any atom is -0.473 e. The lowest BCUT2D eigenvalue weighted by Gasteiger charge is -2.28. The molecule has 1 saturated carbocycles. The highest BCUT2D eigenvalue weighted by Gasteiger charge is 2.36. The Morgan fingerprint density at radius 2 is 2.12 bits per heavy atom. The topological polar surface area (TPSA) is 45.9 Å². The Balaban J connectivity index is 2.01. The predicted octanol–water partition coefficient (Wildman–Crippen LogP) is 2.91. The molecule has 1 aliphatic rings. The minimum absolute atomic E-state index is 0.160. The first kappa shape index (κ1) is 11.8. The van der Waals surface area contributed by atoms with Crippen LogP contribution in [-0.2, 0) is 0 Å². The largest absolute Gasteiger partial charge is 0.473 e. The molecule has 17 heavy (non-hydrogen) atoms. The van der Waals surface area contributed by atoms with Crippen LogP contribution in [0.3, 0.4) is 0 Å². The highest BCUT2D eigenvalue weighted by atomic mass is 19.3. The molecule has 1 aromatic rings. The fraction of sp³-hybridized carbons (Fsp3) is 0.500. The monoisotopic (exact) mass is 238 g/mol. The SMILES string of the molecule is N#Cc1cccnc1OC1CCC(F)(F)CC1. The average molecular weight is 238 g/mol. The van der Waals surface area contributed by atoms with Crippen LogP contribution in [0.15, 0.2) is 18.3 Å². The molecule has 0 N–H and O–H groups in total. The quantitative estimate of drug-likeness (QED) is 0.795. The van der Waals surface area contributed by atoms with Gasteiger partial charge in [0, 0.05) is 19.0 Å². The first-order chi connectivity index (χ1) is 8.11. The van der Waals surface area contributed by atoms with Crippen LogP contribution in [0.5, 0.6) is 5.88 Å². The summed E-state index contributed by atoms with van der Waals surface area (Å²) in [5.41, 5.74) is 0.338. The van der Waals surface area contributed by atoms with Crippen LogP contribution in [0.25, 0.3) is 0 Å². The first-order valence-electron chi connectivity index (χ1n) is 5.50. The van der Waals surface area contributed by atoms with Crippen molar-refractivity contribution in [1.82, 2.24) is 4.98 Å². The molecule has 0 unspecified atom stereocenters. The van der Waals surface area contributed by atoms with Gasteiger partial charge in [-0.15, -0.1) is 0 Å². The number of hydrogen-bond acceptors (Lipinski definition) is 3. The number of rotatable bonds is 2. The number of alkyl halides is 2. The van der Waals surface area contributed by atoms with E-state index in [4.69, 9.17) is 10.00 Å². The van der Waals surface area contributed by atoms with Crippen molar-refractivity contribution in [1.29, 1.82) is 5.26 Å². The molecule has 3 nitrogen and oxygen atoms in total. The summed E-state index contributed by atoms with van der Waals surface area (Å²) in [6, 6.07) is 5.20. The van der Waals surface area contributed by atoms with Gasteiger partial charge in [0.25, 0.3) is 0 Å². The second-order valence-electron chi connectivity index (χ2n) is 4.14. The van der Waals surface area contributed by atoms with Gasteiger partial charge >= 0.3 is 0 Å². The summed E-state index contributed by atoms with van der Waals surface area (Å²) in [5.74, 6) is -2.33. The van der Waals surface area contributed by atoms with Gasteiger partial charge in [0.1, 0.15) is 17.7 Å². The van der Waals surface area contributed by atoms with Gasteiger partial charge in [-0.2, -0.15) is 5.26 Å². The smallest absolute Gasteiger partial charge is 0.248 e. The molecular weight excluding hydrogens is 226 g/mol. The Bertz CT molecular complexity index is 432. The van der Waals surface area contributed by atoms with Crippen LogP contribution in [0.2, 0.25) is 0 Å². The molecule has 0 radical (unpaired) electrons. The lowest BCUT2D eigenvalue weighted by Crippen LogP contribution is -2.31. The Morgan fingerprint density at radius 1 is 1.41 bits per heavy atom. The summed E-state index contributed by atoms with van der Waals surface area (Å²) in [5, 5.41) is 8.84. The molecule has 1 fully saturated rings. The third kappa shape index (κ3) is 2.90. The maximum Gasteiger partial charge on any atom is 0.248 e. The van der Waals surface area contributed by atoms with Crippen LogP contribution >= 0.6 is 0 Å². The number of nitriles is 1. The minimum atomic E-state index is -2.57. The van der Waals surface area contributed by atoms with Crippen LogP contribution < -0.4 is 4.74 Å². The van der Waals surface area contributed by atoms with E-state index in [9.17, 15) is 8.78 Å². The van der Waals surface area contributed by atoms with Crippen LogP contribution in [0, 0.1) is 11.3 Å². The normalized spacial score (nSPS) is 19.6. The van der Waals surface area contributed by atoms with Crippen molar-refractivity contribution in [3.8, 4) is 11.9 Å². The van der Waals surface area contributed by atoms with Crippen molar-refractivity contribution in [2.75, 3.05) is 0 Å². The summed E-state index contributed by atoms with van der Waals surface area (Å²) in [7, 11) is 0. The van der Waals surface area contributed by atoms with Crippen molar-refractivity contribution in [3.05, 3.63) is 23.9 Å². The maximum absolute atomic E-state index is 12.9. The predicted molar refractivity (Wildman–Crippen MR) is 56.8 cm³/mol. The molecule has 5 heteroatoms. The van der Waals surface area contributed by atoms with Gasteiger partial charge in [-0.1, -0.05) is 0 Å². The van der Waals surface area contributed by atoms with Crippen LogP contribution in [-0.4, -0.2) is 17.0 Å². The average Bonchev–Trinajstić information content (AvgIpc) is 2.32. The zero-order valence-electron chi connectivity index (χ0n) is 9.20. The Hall–Kier alpha value is -1.70. The highest BCUT2D eigenvalue weighted by molar-refractivity contribution is 5.37.